The number of hydrogen-bond acceptors (Lipinski definition) is 8. The number of Topliss-reactive ketones (excluding diaryl/α,β-unsaturated/α-hetero) is 2. The lowest BCUT2D eigenvalue weighted by Crippen LogP contribution is -2.41. The standard InChI is InChI=1S/C28H28N2O6/c1-13-24(33)22(15(3)31)26-23(25(13)34)28(4)20(36-26)11-19(32)21(27(28)35)14(2)29-10-9-16-12-30-18-8-6-5-7-17(16)18/h5-8,11-12,17-18,29-30,33-34H,9-10H2,1-4H3/b21-14+/t17?,18?,28-/m0/s1. The number of phenols is 2. The zero-order valence-corrected chi connectivity index (χ0v) is 20.6. The predicted molar refractivity (Wildman–Crippen MR) is 133 cm³/mol. The largest absolute Gasteiger partial charge is 0.507 e. The van der Waals surface area contributed by atoms with Crippen LogP contribution in [-0.4, -0.2) is 40.1 Å². The molecule has 1 aromatic rings. The summed E-state index contributed by atoms with van der Waals surface area (Å²) in [6.45, 7) is 6.48. The Morgan fingerprint density at radius 3 is 2.61 bits per heavy atom. The molecule has 4 aliphatic rings. The van der Waals surface area contributed by atoms with Crippen molar-refractivity contribution >= 4 is 17.3 Å². The van der Waals surface area contributed by atoms with E-state index in [1.54, 1.807) is 13.8 Å². The number of carbonyl (C=O) groups excluding carboxylic acids is 3. The molecule has 2 heterocycles. The molecule has 5 rings (SSSR count). The van der Waals surface area contributed by atoms with Gasteiger partial charge in [0, 0.05) is 29.8 Å². The minimum Gasteiger partial charge on any atom is -0.507 e. The maximum absolute atomic E-state index is 13.8. The van der Waals surface area contributed by atoms with Crippen molar-refractivity contribution in [1.82, 2.24) is 10.6 Å². The van der Waals surface area contributed by atoms with E-state index in [-0.39, 0.29) is 51.5 Å². The number of hydrogen-bond donors (Lipinski definition) is 4. The van der Waals surface area contributed by atoms with Crippen molar-refractivity contribution in [2.45, 2.75) is 45.6 Å². The van der Waals surface area contributed by atoms with Crippen LogP contribution >= 0.6 is 0 Å². The number of fused-ring (bicyclic) bond motifs is 4. The summed E-state index contributed by atoms with van der Waals surface area (Å²) in [5, 5.41) is 28.0. The number of aromatic hydroxyl groups is 2. The van der Waals surface area contributed by atoms with Crippen LogP contribution in [0, 0.1) is 12.8 Å². The van der Waals surface area contributed by atoms with Crippen molar-refractivity contribution in [2.75, 3.05) is 6.54 Å². The summed E-state index contributed by atoms with van der Waals surface area (Å²) in [7, 11) is 0. The van der Waals surface area contributed by atoms with Crippen LogP contribution in [0.1, 0.15) is 48.7 Å². The fourth-order valence-corrected chi connectivity index (χ4v) is 5.50. The van der Waals surface area contributed by atoms with Crippen LogP contribution in [0.2, 0.25) is 0 Å². The maximum atomic E-state index is 13.8. The summed E-state index contributed by atoms with van der Waals surface area (Å²) in [6.07, 6.45) is 12.3. The van der Waals surface area contributed by atoms with Gasteiger partial charge in [-0.2, -0.15) is 0 Å². The molecule has 0 fully saturated rings. The molecule has 0 saturated carbocycles. The van der Waals surface area contributed by atoms with E-state index in [9.17, 15) is 24.6 Å². The number of rotatable bonds is 5. The minimum absolute atomic E-state index is 0.0240. The summed E-state index contributed by atoms with van der Waals surface area (Å²) in [5.41, 5.74) is 0.152. The first-order chi connectivity index (χ1) is 17.1. The monoisotopic (exact) mass is 488 g/mol. The molecule has 0 aromatic heterocycles. The second-order valence-electron chi connectivity index (χ2n) is 9.77. The average molecular weight is 489 g/mol. The summed E-state index contributed by atoms with van der Waals surface area (Å²) in [5.74, 6) is -2.05. The average Bonchev–Trinajstić information content (AvgIpc) is 3.37. The van der Waals surface area contributed by atoms with Gasteiger partial charge in [0.15, 0.2) is 17.3 Å². The Balaban J connectivity index is 1.46. The predicted octanol–water partition coefficient (Wildman–Crippen LogP) is 3.15. The smallest absolute Gasteiger partial charge is 0.194 e. The molecule has 0 amide bonds. The van der Waals surface area contributed by atoms with E-state index in [4.69, 9.17) is 4.74 Å². The molecular formula is C28H28N2O6. The van der Waals surface area contributed by atoms with Gasteiger partial charge in [-0.3, -0.25) is 14.4 Å². The van der Waals surface area contributed by atoms with Gasteiger partial charge in [0.25, 0.3) is 0 Å². The second-order valence-corrected chi connectivity index (χ2v) is 9.77. The van der Waals surface area contributed by atoms with Gasteiger partial charge >= 0.3 is 0 Å². The van der Waals surface area contributed by atoms with Crippen LogP contribution in [0.3, 0.4) is 0 Å². The van der Waals surface area contributed by atoms with E-state index in [0.29, 0.717) is 12.2 Å². The van der Waals surface area contributed by atoms with Crippen LogP contribution in [0.25, 0.3) is 0 Å². The van der Waals surface area contributed by atoms with Crippen LogP contribution in [-0.2, 0) is 15.0 Å². The topological polar surface area (TPSA) is 125 Å². The molecule has 4 N–H and O–H groups in total. The highest BCUT2D eigenvalue weighted by Crippen LogP contribution is 2.57. The maximum Gasteiger partial charge on any atom is 0.194 e. The molecule has 8 nitrogen and oxygen atoms in total. The molecule has 8 heteroatoms. The van der Waals surface area contributed by atoms with Gasteiger partial charge in [-0.15, -0.1) is 0 Å². The van der Waals surface area contributed by atoms with Gasteiger partial charge in [-0.1, -0.05) is 24.3 Å². The van der Waals surface area contributed by atoms with Gasteiger partial charge in [-0.25, -0.2) is 0 Å². The van der Waals surface area contributed by atoms with E-state index < -0.39 is 28.5 Å². The van der Waals surface area contributed by atoms with Gasteiger partial charge in [-0.05, 0) is 45.9 Å². The molecule has 2 aliphatic carbocycles. The second kappa shape index (κ2) is 8.26. The Hall–Kier alpha value is -4.07. The number of nitrogens with one attached hydrogen (secondary N) is 2. The van der Waals surface area contributed by atoms with E-state index in [2.05, 4.69) is 22.8 Å². The lowest BCUT2D eigenvalue weighted by molar-refractivity contribution is -0.123. The Kier molecular flexibility index (Phi) is 5.43. The Morgan fingerprint density at radius 2 is 1.89 bits per heavy atom. The third-order valence-electron chi connectivity index (χ3n) is 7.59. The highest BCUT2D eigenvalue weighted by atomic mass is 16.5. The summed E-state index contributed by atoms with van der Waals surface area (Å²) in [6, 6.07) is 0.257. The van der Waals surface area contributed by atoms with Crippen molar-refractivity contribution in [2.24, 2.45) is 5.92 Å². The first kappa shape index (κ1) is 23.7. The lowest BCUT2D eigenvalue weighted by atomic mass is 9.70. The summed E-state index contributed by atoms with van der Waals surface area (Å²) < 4.78 is 5.80. The highest BCUT2D eigenvalue weighted by molar-refractivity contribution is 6.31. The first-order valence-corrected chi connectivity index (χ1v) is 11.9. The molecule has 1 aromatic carbocycles. The third-order valence-corrected chi connectivity index (χ3v) is 7.59. The fourth-order valence-electron chi connectivity index (χ4n) is 5.50. The SMILES string of the molecule is CC(=O)c1c(O)c(C)c(O)c2c1OC1=CC(=O)/C(=C(/C)NCCC3=CNC4C=CC=CC34)C(=O)[C@@]12C. The molecule has 3 atom stereocenters. The van der Waals surface area contributed by atoms with Crippen LogP contribution in [0.5, 0.6) is 17.2 Å². The zero-order chi connectivity index (χ0) is 25.9. The number of allylic oxidation sites excluding steroid dienone is 6. The summed E-state index contributed by atoms with van der Waals surface area (Å²) >= 11 is 0. The number of carbonyl (C=O) groups is 3. The Morgan fingerprint density at radius 1 is 1.17 bits per heavy atom. The molecule has 186 valence electrons. The molecule has 0 saturated heterocycles. The van der Waals surface area contributed by atoms with Crippen molar-refractivity contribution in [3.05, 3.63) is 75.9 Å². The Bertz CT molecular complexity index is 1390. The van der Waals surface area contributed by atoms with Gasteiger partial charge in [0.2, 0.25) is 0 Å². The summed E-state index contributed by atoms with van der Waals surface area (Å²) in [4.78, 5) is 39.2. The van der Waals surface area contributed by atoms with Crippen LogP contribution < -0.4 is 15.4 Å². The van der Waals surface area contributed by atoms with Crippen molar-refractivity contribution < 1.29 is 29.3 Å². The molecule has 0 bridgehead atoms. The van der Waals surface area contributed by atoms with E-state index in [1.807, 2.05) is 18.4 Å². The van der Waals surface area contributed by atoms with Crippen molar-refractivity contribution in [3.63, 3.8) is 0 Å². The minimum atomic E-state index is -1.52. The Labute approximate surface area is 208 Å². The molecule has 0 spiro atoms. The number of ketones is 3. The molecule has 2 unspecified atom stereocenters. The van der Waals surface area contributed by atoms with Crippen LogP contribution in [0.4, 0.5) is 0 Å². The van der Waals surface area contributed by atoms with Gasteiger partial charge < -0.3 is 25.6 Å². The molecule has 0 radical (unpaired) electrons. The van der Waals surface area contributed by atoms with Gasteiger partial charge in [0.05, 0.1) is 17.2 Å². The van der Waals surface area contributed by atoms with Crippen molar-refractivity contribution in [3.8, 4) is 17.2 Å². The normalized spacial score (nSPS) is 26.9. The zero-order valence-electron chi connectivity index (χ0n) is 20.6. The fraction of sp³-hybridized carbons (Fsp3) is 0.321. The van der Waals surface area contributed by atoms with Crippen molar-refractivity contribution in [1.29, 1.82) is 0 Å². The van der Waals surface area contributed by atoms with E-state index >= 15 is 0 Å². The first-order valence-electron chi connectivity index (χ1n) is 11.9. The number of benzene rings is 1. The third kappa shape index (κ3) is 3.24. The van der Waals surface area contributed by atoms with Crippen LogP contribution in [0.15, 0.2) is 59.2 Å². The quantitative estimate of drug-likeness (QED) is 0.283. The number of ether oxygens (including phenoxy) is 1. The molecule has 2 aliphatic heterocycles. The highest BCUT2D eigenvalue weighted by Gasteiger charge is 2.56. The number of phenolic OH excluding ortho intramolecular Hbond substituents is 2. The van der Waals surface area contributed by atoms with E-state index in [1.165, 1.54) is 25.5 Å². The molecular weight excluding hydrogens is 460 g/mol. The molecule has 36 heavy (non-hydrogen) atoms. The van der Waals surface area contributed by atoms with E-state index in [0.717, 1.165) is 6.42 Å². The lowest BCUT2D eigenvalue weighted by Gasteiger charge is -2.29. The van der Waals surface area contributed by atoms with Gasteiger partial charge in [0.1, 0.15) is 34.0 Å².